The quantitative estimate of drug-likeness (QED) is 0.907. The summed E-state index contributed by atoms with van der Waals surface area (Å²) in [5.41, 5.74) is 0.521. The molecule has 96 valence electrons. The molecule has 0 aliphatic heterocycles. The molecule has 0 radical (unpaired) electrons. The Morgan fingerprint density at radius 3 is 2.89 bits per heavy atom. The number of aromatic nitrogens is 4. The first kappa shape index (κ1) is 12.7. The molecule has 1 atom stereocenters. The molecule has 6 nitrogen and oxygen atoms in total. The SMILES string of the molecule is CCC(C)Nc1nnc(-c2ccc(=O)n(C)n2)s1. The van der Waals surface area contributed by atoms with Gasteiger partial charge in [-0.1, -0.05) is 18.3 Å². The molecule has 0 amide bonds. The average molecular weight is 265 g/mol. The van der Waals surface area contributed by atoms with Gasteiger partial charge in [0.15, 0.2) is 5.01 Å². The van der Waals surface area contributed by atoms with Crippen LogP contribution in [0, 0.1) is 0 Å². The number of hydrogen-bond acceptors (Lipinski definition) is 6. The molecule has 0 saturated heterocycles. The molecule has 2 rings (SSSR count). The summed E-state index contributed by atoms with van der Waals surface area (Å²) in [4.78, 5) is 11.2. The van der Waals surface area contributed by atoms with Crippen molar-refractivity contribution in [3.8, 4) is 10.7 Å². The van der Waals surface area contributed by atoms with Crippen molar-refractivity contribution in [1.82, 2.24) is 20.0 Å². The van der Waals surface area contributed by atoms with Crippen LogP contribution in [-0.4, -0.2) is 26.0 Å². The van der Waals surface area contributed by atoms with Crippen LogP contribution in [0.2, 0.25) is 0 Å². The molecule has 1 unspecified atom stereocenters. The Kier molecular flexibility index (Phi) is 3.71. The summed E-state index contributed by atoms with van der Waals surface area (Å²) in [6, 6.07) is 3.50. The van der Waals surface area contributed by atoms with Crippen LogP contribution < -0.4 is 10.9 Å². The third-order valence-corrected chi connectivity index (χ3v) is 3.46. The molecule has 0 aliphatic carbocycles. The summed E-state index contributed by atoms with van der Waals surface area (Å²) in [7, 11) is 1.62. The van der Waals surface area contributed by atoms with Gasteiger partial charge in [-0.3, -0.25) is 4.79 Å². The number of anilines is 1. The van der Waals surface area contributed by atoms with E-state index in [4.69, 9.17) is 0 Å². The summed E-state index contributed by atoms with van der Waals surface area (Å²) in [5, 5.41) is 17.0. The van der Waals surface area contributed by atoms with Crippen LogP contribution in [0.15, 0.2) is 16.9 Å². The van der Waals surface area contributed by atoms with Crippen molar-refractivity contribution in [2.45, 2.75) is 26.3 Å². The minimum absolute atomic E-state index is 0.138. The summed E-state index contributed by atoms with van der Waals surface area (Å²) in [6.45, 7) is 4.19. The molecule has 0 saturated carbocycles. The minimum Gasteiger partial charge on any atom is -0.358 e. The normalized spacial score (nSPS) is 12.4. The van der Waals surface area contributed by atoms with E-state index >= 15 is 0 Å². The lowest BCUT2D eigenvalue weighted by atomic mass is 10.3. The van der Waals surface area contributed by atoms with Crippen molar-refractivity contribution >= 4 is 16.5 Å². The van der Waals surface area contributed by atoms with Gasteiger partial charge >= 0.3 is 0 Å². The molecule has 2 heterocycles. The molecule has 1 N–H and O–H groups in total. The first-order valence-corrected chi connectivity index (χ1v) is 6.56. The monoisotopic (exact) mass is 265 g/mol. The van der Waals surface area contributed by atoms with E-state index in [0.29, 0.717) is 16.7 Å². The fraction of sp³-hybridized carbons (Fsp3) is 0.455. The average Bonchev–Trinajstić information content (AvgIpc) is 2.81. The maximum absolute atomic E-state index is 11.2. The van der Waals surface area contributed by atoms with Crippen molar-refractivity contribution in [1.29, 1.82) is 0 Å². The molecule has 18 heavy (non-hydrogen) atoms. The molecule has 0 aromatic carbocycles. The van der Waals surface area contributed by atoms with Crippen LogP contribution in [0.3, 0.4) is 0 Å². The molecular formula is C11H15N5OS. The Hall–Kier alpha value is -1.76. The standard InChI is InChI=1S/C11H15N5OS/c1-4-7(2)12-11-14-13-10(18-11)8-5-6-9(17)16(3)15-8/h5-7H,4H2,1-3H3,(H,12,14). The third-order valence-electron chi connectivity index (χ3n) is 2.59. The molecule has 0 bridgehead atoms. The molecule has 2 aromatic heterocycles. The summed E-state index contributed by atoms with van der Waals surface area (Å²) < 4.78 is 1.29. The Morgan fingerprint density at radius 2 is 2.22 bits per heavy atom. The van der Waals surface area contributed by atoms with Crippen LogP contribution >= 0.6 is 11.3 Å². The van der Waals surface area contributed by atoms with Gasteiger partial charge in [-0.05, 0) is 19.4 Å². The topological polar surface area (TPSA) is 72.7 Å². The predicted molar refractivity (Wildman–Crippen MR) is 71.8 cm³/mol. The first-order chi connectivity index (χ1) is 8.60. The van der Waals surface area contributed by atoms with Crippen LogP contribution in [-0.2, 0) is 7.05 Å². The smallest absolute Gasteiger partial charge is 0.266 e. The fourth-order valence-corrected chi connectivity index (χ4v) is 2.13. The van der Waals surface area contributed by atoms with Gasteiger partial charge in [0, 0.05) is 19.2 Å². The molecule has 7 heteroatoms. The second-order valence-corrected chi connectivity index (χ2v) is 5.02. The van der Waals surface area contributed by atoms with Crippen LogP contribution in [0.4, 0.5) is 5.13 Å². The van der Waals surface area contributed by atoms with E-state index in [1.54, 1.807) is 13.1 Å². The Labute approximate surface area is 109 Å². The van der Waals surface area contributed by atoms with Gasteiger partial charge < -0.3 is 5.32 Å². The Morgan fingerprint density at radius 1 is 1.44 bits per heavy atom. The van der Waals surface area contributed by atoms with E-state index < -0.39 is 0 Å². The van der Waals surface area contributed by atoms with Crippen molar-refractivity contribution in [2.75, 3.05) is 5.32 Å². The van der Waals surface area contributed by atoms with Gasteiger partial charge in [0.2, 0.25) is 5.13 Å². The number of hydrogen-bond donors (Lipinski definition) is 1. The lowest BCUT2D eigenvalue weighted by Crippen LogP contribution is -2.18. The van der Waals surface area contributed by atoms with E-state index in [0.717, 1.165) is 11.6 Å². The zero-order chi connectivity index (χ0) is 13.1. The van der Waals surface area contributed by atoms with Crippen molar-refractivity contribution in [2.24, 2.45) is 7.05 Å². The number of rotatable bonds is 4. The minimum atomic E-state index is -0.138. The third kappa shape index (κ3) is 2.73. The predicted octanol–water partition coefficient (Wildman–Crippen LogP) is 1.51. The second kappa shape index (κ2) is 5.26. The van der Waals surface area contributed by atoms with Crippen molar-refractivity contribution in [3.63, 3.8) is 0 Å². The second-order valence-electron chi connectivity index (χ2n) is 4.05. The number of aryl methyl sites for hydroxylation is 1. The van der Waals surface area contributed by atoms with Gasteiger partial charge in [0.05, 0.1) is 0 Å². The van der Waals surface area contributed by atoms with Gasteiger partial charge in [-0.25, -0.2) is 4.68 Å². The highest BCUT2D eigenvalue weighted by Gasteiger charge is 2.10. The Balaban J connectivity index is 2.23. The number of nitrogens with zero attached hydrogens (tertiary/aromatic N) is 4. The number of nitrogens with one attached hydrogen (secondary N) is 1. The lowest BCUT2D eigenvalue weighted by Gasteiger charge is -2.07. The maximum Gasteiger partial charge on any atom is 0.266 e. The van der Waals surface area contributed by atoms with Crippen molar-refractivity contribution in [3.05, 3.63) is 22.5 Å². The van der Waals surface area contributed by atoms with Gasteiger partial charge in [0.1, 0.15) is 5.69 Å². The molecule has 0 fully saturated rings. The van der Waals surface area contributed by atoms with Gasteiger partial charge in [-0.15, -0.1) is 10.2 Å². The summed E-state index contributed by atoms with van der Waals surface area (Å²) in [6.07, 6.45) is 1.02. The highest BCUT2D eigenvalue weighted by atomic mass is 32.1. The zero-order valence-corrected chi connectivity index (χ0v) is 11.4. The van der Waals surface area contributed by atoms with Crippen LogP contribution in [0.5, 0.6) is 0 Å². The van der Waals surface area contributed by atoms with Gasteiger partial charge in [0.25, 0.3) is 5.56 Å². The van der Waals surface area contributed by atoms with E-state index in [-0.39, 0.29) is 5.56 Å². The Bertz CT molecular complexity index is 591. The van der Waals surface area contributed by atoms with E-state index in [1.165, 1.54) is 22.1 Å². The summed E-state index contributed by atoms with van der Waals surface area (Å²) >= 11 is 1.43. The van der Waals surface area contributed by atoms with E-state index in [9.17, 15) is 4.79 Å². The van der Waals surface area contributed by atoms with Crippen LogP contribution in [0.1, 0.15) is 20.3 Å². The van der Waals surface area contributed by atoms with Gasteiger partial charge in [-0.2, -0.15) is 5.10 Å². The highest BCUT2D eigenvalue weighted by molar-refractivity contribution is 7.18. The lowest BCUT2D eigenvalue weighted by molar-refractivity contribution is 0.711. The molecular weight excluding hydrogens is 250 g/mol. The van der Waals surface area contributed by atoms with E-state index in [1.807, 2.05) is 0 Å². The summed E-state index contributed by atoms with van der Waals surface area (Å²) in [5.74, 6) is 0. The zero-order valence-electron chi connectivity index (χ0n) is 10.5. The van der Waals surface area contributed by atoms with Crippen LogP contribution in [0.25, 0.3) is 10.7 Å². The molecule has 0 aliphatic rings. The molecule has 0 spiro atoms. The van der Waals surface area contributed by atoms with E-state index in [2.05, 4.69) is 34.5 Å². The molecule has 2 aromatic rings. The first-order valence-electron chi connectivity index (χ1n) is 5.75. The highest BCUT2D eigenvalue weighted by Crippen LogP contribution is 2.24. The maximum atomic E-state index is 11.2. The fourth-order valence-electron chi connectivity index (χ4n) is 1.31. The largest absolute Gasteiger partial charge is 0.358 e. The van der Waals surface area contributed by atoms with Crippen molar-refractivity contribution < 1.29 is 0 Å².